The van der Waals surface area contributed by atoms with Crippen LogP contribution in [0.25, 0.3) is 0 Å². The van der Waals surface area contributed by atoms with Crippen LogP contribution in [0.3, 0.4) is 0 Å². The van der Waals surface area contributed by atoms with E-state index < -0.39 is 357 Å². The third-order valence-electron chi connectivity index (χ3n) is 19.9. The summed E-state index contributed by atoms with van der Waals surface area (Å²) in [6.45, 7) is 25.0. The zero-order valence-electron chi connectivity index (χ0n) is 72.9. The van der Waals surface area contributed by atoms with Crippen LogP contribution in [-0.4, -0.2) is 83.2 Å². The summed E-state index contributed by atoms with van der Waals surface area (Å²) in [6, 6.07) is 4.63. The highest BCUT2D eigenvalue weighted by molar-refractivity contribution is 7.00. The number of hydrogen-bond donors (Lipinski definition) is 0. The van der Waals surface area contributed by atoms with Gasteiger partial charge in [-0.05, 0) is 178 Å². The molecule has 135 heavy (non-hydrogen) atoms. The minimum atomic E-state index is -4.17. The molecule has 0 atom stereocenters. The SMILES string of the molecule is C[Si](C)(O[Si](C)(C)c1c(F)c(F)c(F)c(F)c1F)c1c(F)c(F)c(F)c(F)c1F.C[Si](C)(O[Si](C)(C)c1c(F)c(F)cc(F)c1F)c1c(F)c(F)cc(F)c1F.C[Si](C)(O[Si](C)(C)c1c(F)cc(F)c(F)c1F)c1c(F)cc(F)c(F)c1F.C[Si](C)(O[Si](C)(C)c1cc(F)c(F)c(F)c1)c1cc(F)c(F)c(F)c1.C[Si](C)(O[Si](C)(C)c1cc(F)c(F)c(F)c1F)c1cc(F)c(F)c(F)c1F. The highest BCUT2D eigenvalue weighted by Gasteiger charge is 2.51. The van der Waals surface area contributed by atoms with Gasteiger partial charge >= 0.3 is 0 Å². The van der Waals surface area contributed by atoms with E-state index in [4.69, 9.17) is 20.6 Å². The van der Waals surface area contributed by atoms with Gasteiger partial charge in [-0.1, -0.05) is 0 Å². The molecule has 0 spiro atoms. The third kappa shape index (κ3) is 24.1. The van der Waals surface area contributed by atoms with Crippen LogP contribution in [0.5, 0.6) is 0 Å². The summed E-state index contributed by atoms with van der Waals surface area (Å²) in [5.41, 5.74) is 0. The molecule has 0 amide bonds. The predicted molar refractivity (Wildman–Crippen MR) is 439 cm³/mol. The molecule has 0 unspecified atom stereocenters. The molecule has 0 fully saturated rings. The van der Waals surface area contributed by atoms with E-state index in [9.17, 15) is 176 Å². The van der Waals surface area contributed by atoms with Crippen molar-refractivity contribution in [2.24, 2.45) is 0 Å². The Hall–Kier alpha value is -8.63. The topological polar surface area (TPSA) is 46.2 Å². The molecule has 0 aliphatic carbocycles. The van der Waals surface area contributed by atoms with Crippen molar-refractivity contribution < 1.29 is 196 Å². The van der Waals surface area contributed by atoms with Crippen molar-refractivity contribution in [1.82, 2.24) is 0 Å². The molecule has 0 bridgehead atoms. The highest BCUT2D eigenvalue weighted by Crippen LogP contribution is 2.33. The van der Waals surface area contributed by atoms with Crippen LogP contribution >= 0.6 is 0 Å². The largest absolute Gasteiger partial charge is 0.449 e. The van der Waals surface area contributed by atoms with E-state index in [1.807, 2.05) is 0 Å². The molecule has 0 N–H and O–H groups in total. The second kappa shape index (κ2) is 41.4. The fraction of sp³-hybridized carbons (Fsp3) is 0.250. The zero-order valence-corrected chi connectivity index (χ0v) is 82.9. The minimum Gasteiger partial charge on any atom is -0.449 e. The first-order chi connectivity index (χ1) is 61.0. The molecule has 0 aromatic heterocycles. The molecule has 0 aliphatic rings. The highest BCUT2D eigenvalue weighted by atomic mass is 28.4. The number of benzene rings is 10. The average molecular weight is 2150 g/mol. The second-order valence-corrected chi connectivity index (χ2v) is 73.6. The Bertz CT molecular complexity index is 5780. The van der Waals surface area contributed by atoms with E-state index in [1.54, 1.807) is 26.2 Å². The molecule has 10 aromatic carbocycles. The van der Waals surface area contributed by atoms with E-state index in [1.165, 1.54) is 52.4 Å². The fourth-order valence-corrected chi connectivity index (χ4v) is 55.9. The smallest absolute Gasteiger partial charge is 0.212 e. The van der Waals surface area contributed by atoms with Crippen molar-refractivity contribution in [2.75, 3.05) is 0 Å². The maximum Gasteiger partial charge on any atom is 0.212 e. The van der Waals surface area contributed by atoms with Gasteiger partial charge in [-0.2, -0.15) is 0 Å². The molecule has 740 valence electrons. The second-order valence-electron chi connectivity index (χ2n) is 34.1. The normalized spacial score (nSPS) is 12.6. The quantitative estimate of drug-likeness (QED) is 0.0329. The number of hydrogen-bond acceptors (Lipinski definition) is 5. The van der Waals surface area contributed by atoms with Crippen molar-refractivity contribution in [2.45, 2.75) is 131 Å². The lowest BCUT2D eigenvalue weighted by atomic mass is 10.3. The molecular formula is C80H70F40O5Si10. The molecule has 5 nitrogen and oxygen atoms in total. The van der Waals surface area contributed by atoms with Crippen LogP contribution in [0.15, 0.2) is 60.7 Å². The summed E-state index contributed by atoms with van der Waals surface area (Å²) in [5.74, 6) is -72.9. The van der Waals surface area contributed by atoms with E-state index in [-0.39, 0.29) is 34.6 Å². The lowest BCUT2D eigenvalue weighted by molar-refractivity contribution is 0.380. The first kappa shape index (κ1) is 115. The standard InChI is InChI=1S/C16H12F10OSi2.3C16H14F8OSi2.C16H16F6OSi2/c1-28(2,15-11(23)7(19)5(17)8(20)12(15)24)27-29(3,4)16-13(25)9(21)6(18)10(22)14(16)26;1-26(2,15-9(19)5-7(17)11(21)13(15)23)25-27(3,4)16-10(20)6-8(18)12(22)14(16)24;1-26(2,9-5-7(17)11(19)15(23)13(9)21)25-27(3,4)10-6-8(18)12(20)16(24)14(10)22;1-26(2,15-11(21)7(17)5-8(18)12(15)22)25-27(3,4)16-13(23)9(19)6-10(20)14(16)24;1-24(2,9-5-11(17)15(21)12(18)6-9)23-25(3,4)10-7-13(19)16(22)14(20)8-10/h1-4H3;3*5-6H,1-4H3;5-8H,1-4H3. The summed E-state index contributed by atoms with van der Waals surface area (Å²) in [7, 11) is -36.7. The summed E-state index contributed by atoms with van der Waals surface area (Å²) in [5, 5.41) is -7.25. The van der Waals surface area contributed by atoms with E-state index in [0.29, 0.717) is 12.1 Å². The number of halogens is 40. The van der Waals surface area contributed by atoms with Gasteiger partial charge in [0.2, 0.25) is 94.8 Å². The van der Waals surface area contributed by atoms with Gasteiger partial charge in [-0.3, -0.25) is 0 Å². The molecular weight excluding hydrogens is 2080 g/mol. The van der Waals surface area contributed by atoms with Crippen molar-refractivity contribution in [3.63, 3.8) is 0 Å². The van der Waals surface area contributed by atoms with E-state index >= 15 is 0 Å². The van der Waals surface area contributed by atoms with Crippen molar-refractivity contribution >= 4 is 135 Å². The Balaban J connectivity index is 0.000000259. The van der Waals surface area contributed by atoms with Gasteiger partial charge in [0.15, 0.2) is 209 Å². The molecule has 0 radical (unpaired) electrons. The van der Waals surface area contributed by atoms with Crippen LogP contribution in [0.2, 0.25) is 131 Å². The Morgan fingerprint density at radius 3 is 0.489 bits per heavy atom. The maximum atomic E-state index is 14.1. The first-order valence-electron chi connectivity index (χ1n) is 37.9. The lowest BCUT2D eigenvalue weighted by Gasteiger charge is -2.35. The van der Waals surface area contributed by atoms with Crippen molar-refractivity contribution in [3.05, 3.63) is 293 Å². The zero-order chi connectivity index (χ0) is 104. The maximum absolute atomic E-state index is 14.1. The third-order valence-corrected chi connectivity index (χ3v) is 56.9. The fourth-order valence-electron chi connectivity index (χ4n) is 14.3. The molecule has 10 aromatic rings. The molecule has 0 aliphatic heterocycles. The van der Waals surface area contributed by atoms with Gasteiger partial charge < -0.3 is 20.6 Å². The van der Waals surface area contributed by atoms with Crippen LogP contribution in [0.4, 0.5) is 176 Å². The van der Waals surface area contributed by atoms with Crippen molar-refractivity contribution in [1.29, 1.82) is 0 Å². The van der Waals surface area contributed by atoms with E-state index in [0.717, 1.165) is 76.6 Å². The Morgan fingerprint density at radius 2 is 0.259 bits per heavy atom. The molecule has 0 saturated carbocycles. The van der Waals surface area contributed by atoms with Gasteiger partial charge in [-0.25, -0.2) is 176 Å². The van der Waals surface area contributed by atoms with Gasteiger partial charge in [0.05, 0.1) is 0 Å². The van der Waals surface area contributed by atoms with Crippen LogP contribution in [0.1, 0.15) is 0 Å². The average Bonchev–Trinajstić information content (AvgIpc) is 0.754. The first-order valence-corrected chi connectivity index (χ1v) is 67.0. The van der Waals surface area contributed by atoms with Gasteiger partial charge in [0.1, 0.15) is 11.6 Å². The van der Waals surface area contributed by atoms with Crippen LogP contribution in [0, 0.1) is 233 Å². The summed E-state index contributed by atoms with van der Waals surface area (Å²) in [6.07, 6.45) is 0. The van der Waals surface area contributed by atoms with Gasteiger partial charge in [0, 0.05) is 65.8 Å². The molecule has 0 saturated heterocycles. The van der Waals surface area contributed by atoms with E-state index in [2.05, 4.69) is 0 Å². The molecule has 10 rings (SSSR count). The van der Waals surface area contributed by atoms with Gasteiger partial charge in [0.25, 0.3) is 0 Å². The summed E-state index contributed by atoms with van der Waals surface area (Å²) >= 11 is 0. The molecule has 55 heteroatoms. The summed E-state index contributed by atoms with van der Waals surface area (Å²) in [4.78, 5) is 0. The monoisotopic (exact) mass is 2150 g/mol. The Morgan fingerprint density at radius 1 is 0.119 bits per heavy atom. The number of rotatable bonds is 20. The summed E-state index contributed by atoms with van der Waals surface area (Å²) < 4.78 is 575. The van der Waals surface area contributed by atoms with Gasteiger partial charge in [-0.15, -0.1) is 0 Å². The lowest BCUT2D eigenvalue weighted by Crippen LogP contribution is -2.61. The Kier molecular flexibility index (Phi) is 35.3. The van der Waals surface area contributed by atoms with Crippen LogP contribution < -0.4 is 51.9 Å². The molecule has 0 heterocycles. The van der Waals surface area contributed by atoms with Crippen molar-refractivity contribution in [3.8, 4) is 0 Å². The predicted octanol–water partition coefficient (Wildman–Crippen LogP) is 21.7. The minimum absolute atomic E-state index is 0.0164. The van der Waals surface area contributed by atoms with Crippen LogP contribution in [-0.2, 0) is 20.6 Å². The Labute approximate surface area is 751 Å².